The largest absolute Gasteiger partial charge is 0.494 e. The second-order valence-corrected chi connectivity index (χ2v) is 5.52. The number of ether oxygens (including phenoxy) is 1. The smallest absolute Gasteiger partial charge is 0.303 e. The van der Waals surface area contributed by atoms with Gasteiger partial charge in [-0.1, -0.05) is 26.7 Å². The molecule has 0 bridgehead atoms. The zero-order valence-electron chi connectivity index (χ0n) is 13.3. The van der Waals surface area contributed by atoms with Crippen molar-refractivity contribution in [2.45, 2.75) is 46.0 Å². The van der Waals surface area contributed by atoms with Crippen LogP contribution in [0, 0.1) is 5.92 Å². The Balaban J connectivity index is 2.34. The van der Waals surface area contributed by atoms with Crippen molar-refractivity contribution >= 4 is 17.6 Å². The van der Waals surface area contributed by atoms with Crippen LogP contribution < -0.4 is 10.1 Å². The molecule has 1 rings (SSSR count). The van der Waals surface area contributed by atoms with Gasteiger partial charge >= 0.3 is 5.97 Å². The Labute approximate surface area is 131 Å². The number of anilines is 1. The van der Waals surface area contributed by atoms with E-state index >= 15 is 0 Å². The number of rotatable bonds is 10. The summed E-state index contributed by atoms with van der Waals surface area (Å²) in [5.41, 5.74) is 0.742. The van der Waals surface area contributed by atoms with Crippen LogP contribution in [0.1, 0.15) is 46.0 Å². The van der Waals surface area contributed by atoms with Gasteiger partial charge in [0.1, 0.15) is 5.75 Å². The van der Waals surface area contributed by atoms with Gasteiger partial charge < -0.3 is 15.2 Å². The first-order valence-corrected chi connectivity index (χ1v) is 7.75. The quantitative estimate of drug-likeness (QED) is 0.646. The van der Waals surface area contributed by atoms with Gasteiger partial charge in [-0.3, -0.25) is 9.59 Å². The minimum absolute atomic E-state index is 0.0241. The lowest BCUT2D eigenvalue weighted by Crippen LogP contribution is -2.15. The highest BCUT2D eigenvalue weighted by Gasteiger charge is 2.08. The number of aliphatic carboxylic acids is 1. The second-order valence-electron chi connectivity index (χ2n) is 5.52. The minimum Gasteiger partial charge on any atom is -0.494 e. The molecule has 0 saturated heterocycles. The molecule has 0 aliphatic carbocycles. The van der Waals surface area contributed by atoms with Crippen molar-refractivity contribution in [2.75, 3.05) is 11.9 Å². The molecule has 2 N–H and O–H groups in total. The Hall–Kier alpha value is -2.04. The number of hydrogen-bond acceptors (Lipinski definition) is 3. The molecule has 0 heterocycles. The summed E-state index contributed by atoms with van der Waals surface area (Å²) in [7, 11) is 0. The average molecular weight is 307 g/mol. The maximum absolute atomic E-state index is 11.9. The average Bonchev–Trinajstić information content (AvgIpc) is 2.45. The van der Waals surface area contributed by atoms with E-state index in [2.05, 4.69) is 19.2 Å². The third kappa shape index (κ3) is 7.67. The van der Waals surface area contributed by atoms with Gasteiger partial charge in [0.15, 0.2) is 0 Å². The molecule has 1 atom stereocenters. The summed E-state index contributed by atoms with van der Waals surface area (Å²) in [5, 5.41) is 11.4. The Morgan fingerprint density at radius 3 is 2.55 bits per heavy atom. The van der Waals surface area contributed by atoms with E-state index in [1.807, 2.05) is 0 Å². The molecule has 1 amide bonds. The molecule has 0 aliphatic heterocycles. The Bertz CT molecular complexity index is 470. The second kappa shape index (κ2) is 9.82. The van der Waals surface area contributed by atoms with Crippen LogP contribution in [0.15, 0.2) is 24.3 Å². The van der Waals surface area contributed by atoms with E-state index in [0.29, 0.717) is 31.1 Å². The topological polar surface area (TPSA) is 75.6 Å². The zero-order valence-corrected chi connectivity index (χ0v) is 13.3. The standard InChI is InChI=1S/C17H25NO4/c1-3-5-13(2)12-16(19)18-14-7-9-15(10-8-14)22-11-4-6-17(20)21/h7-10,13H,3-6,11-12H2,1-2H3,(H,18,19)(H,20,21). The van der Waals surface area contributed by atoms with Gasteiger partial charge in [0, 0.05) is 18.5 Å². The molecule has 0 spiro atoms. The van der Waals surface area contributed by atoms with E-state index in [9.17, 15) is 9.59 Å². The van der Waals surface area contributed by atoms with Gasteiger partial charge in [-0.05, 0) is 36.6 Å². The fourth-order valence-electron chi connectivity index (χ4n) is 2.17. The Morgan fingerprint density at radius 2 is 1.95 bits per heavy atom. The summed E-state index contributed by atoms with van der Waals surface area (Å²) in [6, 6.07) is 7.11. The molecule has 22 heavy (non-hydrogen) atoms. The summed E-state index contributed by atoms with van der Waals surface area (Å²) in [4.78, 5) is 22.2. The van der Waals surface area contributed by atoms with E-state index in [1.165, 1.54) is 0 Å². The number of hydrogen-bond donors (Lipinski definition) is 2. The summed E-state index contributed by atoms with van der Waals surface area (Å²) in [6.45, 7) is 4.56. The molecule has 5 nitrogen and oxygen atoms in total. The summed E-state index contributed by atoms with van der Waals surface area (Å²) < 4.78 is 5.44. The Kier molecular flexibility index (Phi) is 8.04. The highest BCUT2D eigenvalue weighted by Crippen LogP contribution is 2.17. The van der Waals surface area contributed by atoms with Crippen molar-refractivity contribution in [2.24, 2.45) is 5.92 Å². The molecule has 1 aromatic rings. The third-order valence-corrected chi connectivity index (χ3v) is 3.26. The predicted molar refractivity (Wildman–Crippen MR) is 86.1 cm³/mol. The van der Waals surface area contributed by atoms with Crippen LogP contribution in [0.25, 0.3) is 0 Å². The first-order valence-electron chi connectivity index (χ1n) is 7.75. The molecule has 0 saturated carbocycles. The molecule has 0 aliphatic rings. The highest BCUT2D eigenvalue weighted by atomic mass is 16.5. The molecule has 0 aromatic heterocycles. The van der Waals surface area contributed by atoms with Gasteiger partial charge in [-0.25, -0.2) is 0 Å². The zero-order chi connectivity index (χ0) is 16.4. The van der Waals surface area contributed by atoms with Crippen LogP contribution in [0.5, 0.6) is 5.75 Å². The first kappa shape index (κ1) is 18.0. The third-order valence-electron chi connectivity index (χ3n) is 3.26. The van der Waals surface area contributed by atoms with Crippen molar-refractivity contribution in [1.29, 1.82) is 0 Å². The van der Waals surface area contributed by atoms with Crippen LogP contribution in [-0.2, 0) is 9.59 Å². The lowest BCUT2D eigenvalue weighted by atomic mass is 10.0. The molecular weight excluding hydrogens is 282 g/mol. The normalized spacial score (nSPS) is 11.7. The summed E-state index contributed by atoms with van der Waals surface area (Å²) in [5.74, 6) is 0.264. The molecular formula is C17H25NO4. The number of carboxylic acids is 1. The van der Waals surface area contributed by atoms with Crippen molar-refractivity contribution < 1.29 is 19.4 Å². The van der Waals surface area contributed by atoms with Gasteiger partial charge in [-0.15, -0.1) is 0 Å². The van der Waals surface area contributed by atoms with E-state index in [0.717, 1.165) is 18.5 Å². The monoisotopic (exact) mass is 307 g/mol. The van der Waals surface area contributed by atoms with Crippen LogP contribution in [0.3, 0.4) is 0 Å². The molecule has 122 valence electrons. The van der Waals surface area contributed by atoms with E-state index in [1.54, 1.807) is 24.3 Å². The van der Waals surface area contributed by atoms with E-state index in [4.69, 9.17) is 9.84 Å². The minimum atomic E-state index is -0.820. The lowest BCUT2D eigenvalue weighted by Gasteiger charge is -2.11. The van der Waals surface area contributed by atoms with Gasteiger partial charge in [0.05, 0.1) is 6.61 Å². The van der Waals surface area contributed by atoms with Crippen molar-refractivity contribution in [3.05, 3.63) is 24.3 Å². The number of amides is 1. The first-order chi connectivity index (χ1) is 10.5. The molecule has 5 heteroatoms. The molecule has 0 radical (unpaired) electrons. The molecule has 1 aromatic carbocycles. The number of carbonyl (C=O) groups excluding carboxylic acids is 1. The number of carboxylic acid groups (broad SMARTS) is 1. The van der Waals surface area contributed by atoms with Crippen molar-refractivity contribution in [3.8, 4) is 5.75 Å². The summed E-state index contributed by atoms with van der Waals surface area (Å²) >= 11 is 0. The Morgan fingerprint density at radius 1 is 1.27 bits per heavy atom. The van der Waals surface area contributed by atoms with Gasteiger partial charge in [-0.2, -0.15) is 0 Å². The summed E-state index contributed by atoms with van der Waals surface area (Å²) in [6.07, 6.45) is 3.24. The lowest BCUT2D eigenvalue weighted by molar-refractivity contribution is -0.137. The van der Waals surface area contributed by atoms with E-state index in [-0.39, 0.29) is 12.3 Å². The highest BCUT2D eigenvalue weighted by molar-refractivity contribution is 5.90. The van der Waals surface area contributed by atoms with Gasteiger partial charge in [0.2, 0.25) is 5.91 Å². The number of carbonyl (C=O) groups is 2. The van der Waals surface area contributed by atoms with Crippen molar-refractivity contribution in [1.82, 2.24) is 0 Å². The van der Waals surface area contributed by atoms with Crippen LogP contribution in [0.2, 0.25) is 0 Å². The predicted octanol–water partition coefficient (Wildman–Crippen LogP) is 3.70. The maximum Gasteiger partial charge on any atom is 0.303 e. The molecule has 0 fully saturated rings. The van der Waals surface area contributed by atoms with Crippen LogP contribution in [-0.4, -0.2) is 23.6 Å². The number of benzene rings is 1. The van der Waals surface area contributed by atoms with E-state index < -0.39 is 5.97 Å². The van der Waals surface area contributed by atoms with Crippen LogP contribution in [0.4, 0.5) is 5.69 Å². The van der Waals surface area contributed by atoms with Crippen molar-refractivity contribution in [3.63, 3.8) is 0 Å². The number of nitrogens with one attached hydrogen (secondary N) is 1. The molecule has 1 unspecified atom stereocenters. The fourth-order valence-corrected chi connectivity index (χ4v) is 2.17. The SMILES string of the molecule is CCCC(C)CC(=O)Nc1ccc(OCCCC(=O)O)cc1. The maximum atomic E-state index is 11.9. The fraction of sp³-hybridized carbons (Fsp3) is 0.529. The van der Waals surface area contributed by atoms with Crippen LogP contribution >= 0.6 is 0 Å². The van der Waals surface area contributed by atoms with Gasteiger partial charge in [0.25, 0.3) is 0 Å².